The Labute approximate surface area is 220 Å². The third kappa shape index (κ3) is 7.58. The van der Waals surface area contributed by atoms with Crippen LogP contribution < -0.4 is 10.2 Å². The van der Waals surface area contributed by atoms with Gasteiger partial charge in [0.05, 0.1) is 17.4 Å². The van der Waals surface area contributed by atoms with Crippen LogP contribution >= 0.6 is 0 Å². The highest BCUT2D eigenvalue weighted by molar-refractivity contribution is 5.95. The number of carbonyl (C=O) groups excluding carboxylic acids is 2. The second-order valence-corrected chi connectivity index (χ2v) is 11.1. The van der Waals surface area contributed by atoms with Crippen LogP contribution in [0.15, 0.2) is 35.9 Å². The van der Waals surface area contributed by atoms with E-state index in [0.717, 1.165) is 11.1 Å². The minimum Gasteiger partial charge on any atom is -0.504 e. The molecule has 3 rings (SSSR count). The molecule has 8 nitrogen and oxygen atoms in total. The minimum atomic E-state index is -1.37. The first kappa shape index (κ1) is 28.7. The molecule has 0 radical (unpaired) electrons. The summed E-state index contributed by atoms with van der Waals surface area (Å²) < 4.78 is 5.98. The molecule has 0 aliphatic carbocycles. The number of phenols is 2. The van der Waals surface area contributed by atoms with Gasteiger partial charge in [0.1, 0.15) is 5.72 Å². The smallest absolute Gasteiger partial charge is 0.226 e. The van der Waals surface area contributed by atoms with E-state index in [1.165, 1.54) is 11.0 Å². The van der Waals surface area contributed by atoms with Crippen LogP contribution in [0, 0.1) is 5.92 Å². The summed E-state index contributed by atoms with van der Waals surface area (Å²) >= 11 is 0. The Hall–Kier alpha value is -2.84. The maximum Gasteiger partial charge on any atom is 0.226 e. The molecule has 0 aromatic heterocycles. The van der Waals surface area contributed by atoms with Crippen LogP contribution in [0.2, 0.25) is 0 Å². The zero-order valence-electron chi connectivity index (χ0n) is 22.7. The molecular weight excluding hydrogens is 472 g/mol. The van der Waals surface area contributed by atoms with Gasteiger partial charge in [0, 0.05) is 26.3 Å². The van der Waals surface area contributed by atoms with Crippen molar-refractivity contribution in [2.75, 3.05) is 11.9 Å². The lowest BCUT2D eigenvalue weighted by molar-refractivity contribution is -0.130. The Morgan fingerprint density at radius 2 is 2.03 bits per heavy atom. The fourth-order valence-corrected chi connectivity index (χ4v) is 5.12. The van der Waals surface area contributed by atoms with Crippen LogP contribution in [-0.4, -0.2) is 51.6 Å². The average Bonchev–Trinajstić information content (AvgIpc) is 3.44. The number of nitrogens with zero attached hydrogens (tertiary/aromatic N) is 1. The van der Waals surface area contributed by atoms with Crippen LogP contribution in [0.3, 0.4) is 0 Å². The number of allylic oxidation sites excluding steroid dienone is 3. The number of amides is 2. The van der Waals surface area contributed by atoms with Gasteiger partial charge in [-0.2, -0.15) is 0 Å². The van der Waals surface area contributed by atoms with E-state index >= 15 is 0 Å². The average molecular weight is 515 g/mol. The molecule has 2 bridgehead atoms. The Morgan fingerprint density at radius 1 is 1.30 bits per heavy atom. The molecule has 1 aromatic carbocycles. The predicted molar refractivity (Wildman–Crippen MR) is 143 cm³/mol. The van der Waals surface area contributed by atoms with Crippen molar-refractivity contribution in [3.63, 3.8) is 0 Å². The molecule has 8 heteroatoms. The van der Waals surface area contributed by atoms with Crippen LogP contribution in [-0.2, 0) is 20.7 Å². The Bertz CT molecular complexity index is 1070. The zero-order chi connectivity index (χ0) is 27.4. The summed E-state index contributed by atoms with van der Waals surface area (Å²) in [7, 11) is 1.60. The van der Waals surface area contributed by atoms with E-state index in [9.17, 15) is 24.9 Å². The number of benzene rings is 1. The standard InChI is InChI=1S/C29H42N2O6/c1-6-9-25(33)30-29(36)12-8-7-10-19(2)14-21-16-22(27(35)23(32)17-21)31(5)26(34)11-13-28(4)24(37-28)15-20(3)18-29/h7-8,10,16-17,20,24,32,35-36H,6,9,11-15,18H2,1-5H3,(H,30,33)/b8-7+,19-10+/t20?,24?,28?,29-/m1/s1. The molecule has 4 atom stereocenters. The highest BCUT2D eigenvalue weighted by Gasteiger charge is 2.52. The minimum absolute atomic E-state index is 0.0415. The van der Waals surface area contributed by atoms with Crippen LogP contribution in [0.1, 0.15) is 78.2 Å². The van der Waals surface area contributed by atoms with Crippen molar-refractivity contribution in [1.82, 2.24) is 5.32 Å². The third-order valence-electron chi connectivity index (χ3n) is 7.34. The largest absolute Gasteiger partial charge is 0.504 e. The van der Waals surface area contributed by atoms with Gasteiger partial charge in [-0.1, -0.05) is 37.6 Å². The molecule has 2 heterocycles. The van der Waals surface area contributed by atoms with E-state index in [1.54, 1.807) is 13.1 Å². The number of epoxide rings is 1. The van der Waals surface area contributed by atoms with Gasteiger partial charge in [0.25, 0.3) is 0 Å². The normalized spacial score (nSPS) is 31.7. The van der Waals surface area contributed by atoms with Gasteiger partial charge in [0.15, 0.2) is 11.5 Å². The first-order valence-electron chi connectivity index (χ1n) is 13.2. The second kappa shape index (κ2) is 11.7. The summed E-state index contributed by atoms with van der Waals surface area (Å²) in [5.41, 5.74) is 0.191. The lowest BCUT2D eigenvalue weighted by atomic mass is 9.88. The Morgan fingerprint density at radius 3 is 2.73 bits per heavy atom. The van der Waals surface area contributed by atoms with Crippen molar-refractivity contribution in [1.29, 1.82) is 0 Å². The number of aromatic hydroxyl groups is 2. The lowest BCUT2D eigenvalue weighted by Crippen LogP contribution is -2.49. The second-order valence-electron chi connectivity index (χ2n) is 11.1. The fraction of sp³-hybridized carbons (Fsp3) is 0.586. The summed E-state index contributed by atoms with van der Waals surface area (Å²) in [6.07, 6.45) is 9.21. The summed E-state index contributed by atoms with van der Waals surface area (Å²) in [6.45, 7) is 7.89. The summed E-state index contributed by atoms with van der Waals surface area (Å²) in [5.74, 6) is -0.880. The lowest BCUT2D eigenvalue weighted by Gasteiger charge is -2.31. The van der Waals surface area contributed by atoms with Crippen molar-refractivity contribution in [2.24, 2.45) is 5.92 Å². The van der Waals surface area contributed by atoms with E-state index in [2.05, 4.69) is 5.32 Å². The Balaban J connectivity index is 1.89. The number of phenolic OH excluding ortho intramolecular Hbond substituents is 2. The van der Waals surface area contributed by atoms with Crippen molar-refractivity contribution in [3.05, 3.63) is 41.5 Å². The maximum atomic E-state index is 13.0. The molecule has 0 saturated carbocycles. The fourth-order valence-electron chi connectivity index (χ4n) is 5.12. The van der Waals surface area contributed by atoms with Gasteiger partial charge < -0.3 is 30.3 Å². The molecule has 1 saturated heterocycles. The van der Waals surface area contributed by atoms with Gasteiger partial charge in [-0.3, -0.25) is 9.59 Å². The van der Waals surface area contributed by atoms with Crippen LogP contribution in [0.5, 0.6) is 11.5 Å². The van der Waals surface area contributed by atoms with Crippen LogP contribution in [0.25, 0.3) is 0 Å². The molecule has 2 aliphatic heterocycles. The number of hydrogen-bond acceptors (Lipinski definition) is 6. The molecule has 4 N–H and O–H groups in total. The van der Waals surface area contributed by atoms with E-state index in [-0.39, 0.29) is 53.9 Å². The highest BCUT2D eigenvalue weighted by Crippen LogP contribution is 2.45. The molecule has 204 valence electrons. The van der Waals surface area contributed by atoms with Crippen molar-refractivity contribution in [3.8, 4) is 11.5 Å². The van der Waals surface area contributed by atoms with Gasteiger partial charge >= 0.3 is 0 Å². The molecule has 2 aliphatic rings. The molecule has 1 fully saturated rings. The van der Waals surface area contributed by atoms with Crippen molar-refractivity contribution >= 4 is 17.5 Å². The third-order valence-corrected chi connectivity index (χ3v) is 7.34. The number of hydrogen-bond donors (Lipinski definition) is 4. The van der Waals surface area contributed by atoms with Crippen molar-refractivity contribution in [2.45, 2.75) is 96.5 Å². The monoisotopic (exact) mass is 514 g/mol. The number of nitrogens with one attached hydrogen (secondary N) is 1. The number of carbonyl (C=O) groups is 2. The summed E-state index contributed by atoms with van der Waals surface area (Å²) in [6, 6.07) is 3.21. The Kier molecular flexibility index (Phi) is 9.08. The van der Waals surface area contributed by atoms with Gasteiger partial charge in [-0.15, -0.1) is 0 Å². The molecule has 0 spiro atoms. The van der Waals surface area contributed by atoms with E-state index < -0.39 is 11.3 Å². The SMILES string of the molecule is CCCC(=O)N[C@@]1(O)C/C=C/C=C(\C)Cc2cc(O)c(O)c(c2)N(C)C(=O)CCC2(C)OC2CC(C)C1. The summed E-state index contributed by atoms with van der Waals surface area (Å²) in [5, 5.41) is 34.9. The number of ether oxygens (including phenoxy) is 1. The molecular formula is C29H42N2O6. The van der Waals surface area contributed by atoms with E-state index in [4.69, 9.17) is 4.74 Å². The highest BCUT2D eigenvalue weighted by atomic mass is 16.6. The number of fused-ring (bicyclic) bond motifs is 3. The van der Waals surface area contributed by atoms with Gasteiger partial charge in [-0.25, -0.2) is 0 Å². The first-order valence-corrected chi connectivity index (χ1v) is 13.2. The van der Waals surface area contributed by atoms with Gasteiger partial charge in [0.2, 0.25) is 11.8 Å². The quantitative estimate of drug-likeness (QED) is 0.268. The van der Waals surface area contributed by atoms with E-state index in [0.29, 0.717) is 38.5 Å². The molecule has 1 aromatic rings. The number of rotatable bonds is 3. The zero-order valence-corrected chi connectivity index (χ0v) is 22.7. The number of aliphatic hydroxyl groups is 1. The molecule has 2 amide bonds. The van der Waals surface area contributed by atoms with Gasteiger partial charge in [-0.05, 0) is 69.6 Å². The summed E-state index contributed by atoms with van der Waals surface area (Å²) in [4.78, 5) is 26.7. The number of anilines is 1. The molecule has 3 unspecified atom stereocenters. The topological polar surface area (TPSA) is 123 Å². The predicted octanol–water partition coefficient (Wildman–Crippen LogP) is 4.47. The maximum absolute atomic E-state index is 13.0. The molecule has 37 heavy (non-hydrogen) atoms. The van der Waals surface area contributed by atoms with E-state index in [1.807, 2.05) is 45.9 Å². The van der Waals surface area contributed by atoms with Crippen molar-refractivity contribution < 1.29 is 29.6 Å². The first-order chi connectivity index (χ1) is 17.4. The van der Waals surface area contributed by atoms with Crippen LogP contribution in [0.4, 0.5) is 5.69 Å².